The maximum Gasteiger partial charge on any atom is 0.317 e. The summed E-state index contributed by atoms with van der Waals surface area (Å²) in [6.45, 7) is 5.71. The molecule has 7 heteroatoms. The van der Waals surface area contributed by atoms with Crippen LogP contribution in [0.1, 0.15) is 29.5 Å². The van der Waals surface area contributed by atoms with E-state index in [1.165, 1.54) is 9.75 Å². The number of nitrogens with zero attached hydrogens (tertiary/aromatic N) is 2. The number of piperazine rings is 1. The van der Waals surface area contributed by atoms with Gasteiger partial charge in [0, 0.05) is 42.5 Å². The molecule has 1 atom stereocenters. The molecule has 3 amide bonds. The zero-order chi connectivity index (χ0) is 16.9. The van der Waals surface area contributed by atoms with E-state index < -0.39 is 0 Å². The van der Waals surface area contributed by atoms with Crippen LogP contribution in [0.25, 0.3) is 0 Å². The number of rotatable bonds is 4. The SMILES string of the molecule is CCc1ccc(CNC(=O)N2CCN(C(=O)[C@H]3CCCO3)CC2)s1. The summed E-state index contributed by atoms with van der Waals surface area (Å²) in [4.78, 5) is 30.7. The van der Waals surface area contributed by atoms with Crippen LogP contribution in [-0.4, -0.2) is 60.6 Å². The van der Waals surface area contributed by atoms with E-state index in [2.05, 4.69) is 24.4 Å². The maximum absolute atomic E-state index is 12.3. The summed E-state index contributed by atoms with van der Waals surface area (Å²) in [5.74, 6) is 0.0817. The molecule has 2 saturated heterocycles. The second-order valence-electron chi connectivity index (χ2n) is 6.19. The first-order valence-corrected chi connectivity index (χ1v) is 9.49. The molecule has 1 aromatic rings. The zero-order valence-corrected chi connectivity index (χ0v) is 14.9. The van der Waals surface area contributed by atoms with Gasteiger partial charge in [-0.25, -0.2) is 4.79 Å². The average molecular weight is 351 g/mol. The minimum Gasteiger partial charge on any atom is -0.368 e. The highest BCUT2D eigenvalue weighted by Crippen LogP contribution is 2.17. The second kappa shape index (κ2) is 7.98. The van der Waals surface area contributed by atoms with Gasteiger partial charge >= 0.3 is 6.03 Å². The Morgan fingerprint density at radius 1 is 1.21 bits per heavy atom. The second-order valence-corrected chi connectivity index (χ2v) is 7.45. The number of ether oxygens (including phenoxy) is 1. The Bertz CT molecular complexity index is 575. The summed E-state index contributed by atoms with van der Waals surface area (Å²) in [5, 5.41) is 2.97. The van der Waals surface area contributed by atoms with Crippen molar-refractivity contribution < 1.29 is 14.3 Å². The Balaban J connectivity index is 1.42. The first-order valence-electron chi connectivity index (χ1n) is 8.68. The van der Waals surface area contributed by atoms with Gasteiger partial charge in [-0.15, -0.1) is 11.3 Å². The van der Waals surface area contributed by atoms with Gasteiger partial charge in [0.15, 0.2) is 0 Å². The monoisotopic (exact) mass is 351 g/mol. The molecule has 3 rings (SSSR count). The van der Waals surface area contributed by atoms with Crippen molar-refractivity contribution in [3.63, 3.8) is 0 Å². The van der Waals surface area contributed by atoms with Gasteiger partial charge in [-0.1, -0.05) is 6.92 Å². The van der Waals surface area contributed by atoms with Crippen molar-refractivity contribution in [2.45, 2.75) is 38.8 Å². The van der Waals surface area contributed by atoms with E-state index in [9.17, 15) is 9.59 Å². The molecule has 0 bridgehead atoms. The molecule has 2 aliphatic rings. The lowest BCUT2D eigenvalue weighted by Gasteiger charge is -2.35. The maximum atomic E-state index is 12.3. The van der Waals surface area contributed by atoms with E-state index in [1.54, 1.807) is 16.2 Å². The lowest BCUT2D eigenvalue weighted by Crippen LogP contribution is -2.54. The van der Waals surface area contributed by atoms with E-state index in [0.29, 0.717) is 39.3 Å². The first-order chi connectivity index (χ1) is 11.7. The molecule has 0 spiro atoms. The molecule has 2 fully saturated rings. The molecule has 2 aliphatic heterocycles. The van der Waals surface area contributed by atoms with Crippen molar-refractivity contribution in [3.05, 3.63) is 21.9 Å². The summed E-state index contributed by atoms with van der Waals surface area (Å²) in [6.07, 6.45) is 2.54. The Morgan fingerprint density at radius 2 is 1.92 bits per heavy atom. The van der Waals surface area contributed by atoms with Crippen molar-refractivity contribution in [2.24, 2.45) is 0 Å². The third kappa shape index (κ3) is 4.08. The van der Waals surface area contributed by atoms with Gasteiger partial charge in [-0.3, -0.25) is 4.79 Å². The number of hydrogen-bond donors (Lipinski definition) is 1. The first kappa shape index (κ1) is 17.2. The van der Waals surface area contributed by atoms with Gasteiger partial charge in [-0.2, -0.15) is 0 Å². The van der Waals surface area contributed by atoms with E-state index in [1.807, 2.05) is 4.90 Å². The Hall–Kier alpha value is -1.60. The average Bonchev–Trinajstić information content (AvgIpc) is 3.30. The predicted octanol–water partition coefficient (Wildman–Crippen LogP) is 1.84. The van der Waals surface area contributed by atoms with Crippen LogP contribution in [0.3, 0.4) is 0 Å². The number of nitrogens with one attached hydrogen (secondary N) is 1. The summed E-state index contributed by atoms with van der Waals surface area (Å²) < 4.78 is 5.46. The number of hydrogen-bond acceptors (Lipinski definition) is 4. The van der Waals surface area contributed by atoms with E-state index in [-0.39, 0.29) is 18.0 Å². The highest BCUT2D eigenvalue weighted by Gasteiger charge is 2.31. The Morgan fingerprint density at radius 3 is 2.54 bits per heavy atom. The molecule has 6 nitrogen and oxygen atoms in total. The van der Waals surface area contributed by atoms with Crippen molar-refractivity contribution in [1.29, 1.82) is 0 Å². The minimum atomic E-state index is -0.267. The van der Waals surface area contributed by atoms with Crippen molar-refractivity contribution in [3.8, 4) is 0 Å². The van der Waals surface area contributed by atoms with Crippen LogP contribution < -0.4 is 5.32 Å². The highest BCUT2D eigenvalue weighted by atomic mass is 32.1. The van der Waals surface area contributed by atoms with E-state index in [4.69, 9.17) is 4.74 Å². The largest absolute Gasteiger partial charge is 0.368 e. The van der Waals surface area contributed by atoms with Gasteiger partial charge in [0.25, 0.3) is 5.91 Å². The molecule has 1 N–H and O–H groups in total. The smallest absolute Gasteiger partial charge is 0.317 e. The normalized spacial score (nSPS) is 21.1. The third-order valence-corrected chi connectivity index (χ3v) is 5.79. The quantitative estimate of drug-likeness (QED) is 0.900. The van der Waals surface area contributed by atoms with Crippen LogP contribution in [0.4, 0.5) is 4.79 Å². The van der Waals surface area contributed by atoms with Crippen molar-refractivity contribution in [2.75, 3.05) is 32.8 Å². The van der Waals surface area contributed by atoms with Crippen molar-refractivity contribution in [1.82, 2.24) is 15.1 Å². The van der Waals surface area contributed by atoms with Gasteiger partial charge in [-0.05, 0) is 31.4 Å². The van der Waals surface area contributed by atoms with Crippen molar-refractivity contribution >= 4 is 23.3 Å². The number of aryl methyl sites for hydroxylation is 1. The van der Waals surface area contributed by atoms with Gasteiger partial charge in [0.1, 0.15) is 6.10 Å². The molecular formula is C17H25N3O3S. The molecule has 0 saturated carbocycles. The number of thiophene rings is 1. The molecule has 0 aromatic carbocycles. The molecule has 24 heavy (non-hydrogen) atoms. The lowest BCUT2D eigenvalue weighted by molar-refractivity contribution is -0.142. The summed E-state index contributed by atoms with van der Waals surface area (Å²) >= 11 is 1.74. The number of amides is 3. The number of urea groups is 1. The number of carbonyl (C=O) groups is 2. The van der Waals surface area contributed by atoms with Crippen LogP contribution in [0.5, 0.6) is 0 Å². The molecule has 3 heterocycles. The van der Waals surface area contributed by atoms with Crippen LogP contribution in [0, 0.1) is 0 Å². The molecular weight excluding hydrogens is 326 g/mol. The molecule has 0 radical (unpaired) electrons. The molecule has 0 unspecified atom stereocenters. The third-order valence-electron chi connectivity index (χ3n) is 4.56. The standard InChI is InChI=1S/C17H25N3O3S/c1-2-13-5-6-14(24-13)12-18-17(22)20-9-7-19(8-10-20)16(21)15-4-3-11-23-15/h5-6,15H,2-4,7-12H2,1H3,(H,18,22)/t15-/m1/s1. The summed E-state index contributed by atoms with van der Waals surface area (Å²) in [7, 11) is 0. The van der Waals surface area contributed by atoms with Gasteiger partial charge in [0.2, 0.25) is 0 Å². The van der Waals surface area contributed by atoms with E-state index in [0.717, 1.165) is 19.3 Å². The lowest BCUT2D eigenvalue weighted by atomic mass is 10.2. The molecule has 132 valence electrons. The van der Waals surface area contributed by atoms with Gasteiger partial charge < -0.3 is 19.9 Å². The fourth-order valence-electron chi connectivity index (χ4n) is 3.09. The fourth-order valence-corrected chi connectivity index (χ4v) is 3.99. The predicted molar refractivity (Wildman–Crippen MR) is 93.1 cm³/mol. The van der Waals surface area contributed by atoms with Gasteiger partial charge in [0.05, 0.1) is 6.54 Å². The molecule has 0 aliphatic carbocycles. The van der Waals surface area contributed by atoms with Crippen LogP contribution >= 0.6 is 11.3 Å². The highest BCUT2D eigenvalue weighted by molar-refractivity contribution is 7.11. The van der Waals surface area contributed by atoms with Crippen LogP contribution in [0.15, 0.2) is 12.1 Å². The minimum absolute atomic E-state index is 0.0503. The fraction of sp³-hybridized carbons (Fsp3) is 0.647. The topological polar surface area (TPSA) is 61.9 Å². The molecule has 1 aromatic heterocycles. The summed E-state index contributed by atoms with van der Waals surface area (Å²) in [6, 6.07) is 4.13. The Kier molecular flexibility index (Phi) is 5.73. The summed E-state index contributed by atoms with van der Waals surface area (Å²) in [5.41, 5.74) is 0. The van der Waals surface area contributed by atoms with Crippen LogP contribution in [-0.2, 0) is 22.5 Å². The zero-order valence-electron chi connectivity index (χ0n) is 14.1. The number of carbonyl (C=O) groups excluding carboxylic acids is 2. The Labute approximate surface area is 146 Å². The van der Waals surface area contributed by atoms with E-state index >= 15 is 0 Å². The van der Waals surface area contributed by atoms with Crippen LogP contribution in [0.2, 0.25) is 0 Å².